The fraction of sp³-hybridized carbons (Fsp3) is 0.391. The van der Waals surface area contributed by atoms with Crippen molar-refractivity contribution >= 4 is 27.0 Å². The Morgan fingerprint density at radius 2 is 1.79 bits per heavy atom. The molecule has 0 spiro atoms. The highest BCUT2D eigenvalue weighted by Gasteiger charge is 2.43. The Labute approximate surface area is 190 Å². The fourth-order valence-corrected chi connectivity index (χ4v) is 6.62. The van der Waals surface area contributed by atoms with Crippen molar-refractivity contribution in [2.24, 2.45) is 0 Å². The van der Waals surface area contributed by atoms with Crippen LogP contribution in [0.5, 0.6) is 0 Å². The number of benzene rings is 1. The van der Waals surface area contributed by atoms with Crippen LogP contribution in [0.2, 0.25) is 0 Å². The molecule has 0 atom stereocenters. The van der Waals surface area contributed by atoms with Crippen LogP contribution in [-0.2, 0) is 21.2 Å². The smallest absolute Gasteiger partial charge is 0.227 e. The van der Waals surface area contributed by atoms with Gasteiger partial charge in [0.2, 0.25) is 15.9 Å². The molecule has 0 aliphatic carbocycles. The zero-order valence-corrected chi connectivity index (χ0v) is 18.7. The van der Waals surface area contributed by atoms with Crippen molar-refractivity contribution in [3.05, 3.63) is 65.5 Å². The Balaban J connectivity index is 1.17. The second kappa shape index (κ2) is 8.49. The van der Waals surface area contributed by atoms with Gasteiger partial charge in [-0.15, -0.1) is 0 Å². The van der Waals surface area contributed by atoms with E-state index >= 15 is 0 Å². The number of carbonyl (C=O) groups is 1. The normalized spacial score (nSPS) is 18.5. The molecule has 1 N–H and O–H groups in total. The minimum atomic E-state index is -3.54. The molecule has 2 aliphatic rings. The summed E-state index contributed by atoms with van der Waals surface area (Å²) in [7, 11) is -3.54. The van der Waals surface area contributed by atoms with Crippen LogP contribution >= 0.6 is 0 Å². The van der Waals surface area contributed by atoms with E-state index in [4.69, 9.17) is 0 Å². The first kappa shape index (κ1) is 22.0. The number of aromatic nitrogens is 2. The van der Waals surface area contributed by atoms with Gasteiger partial charge in [0.1, 0.15) is 22.5 Å². The average Bonchev–Trinajstić information content (AvgIpc) is 3.19. The van der Waals surface area contributed by atoms with Crippen molar-refractivity contribution in [2.45, 2.75) is 30.4 Å². The summed E-state index contributed by atoms with van der Waals surface area (Å²) < 4.78 is 55.2. The number of H-pyrrole nitrogens is 1. The van der Waals surface area contributed by atoms with E-state index in [2.05, 4.69) is 9.97 Å². The predicted molar refractivity (Wildman–Crippen MR) is 119 cm³/mol. The Morgan fingerprint density at radius 1 is 1.09 bits per heavy atom. The van der Waals surface area contributed by atoms with E-state index in [0.29, 0.717) is 25.9 Å². The Kier molecular flexibility index (Phi) is 5.65. The number of rotatable bonds is 5. The Bertz CT molecular complexity index is 1280. The van der Waals surface area contributed by atoms with Gasteiger partial charge < -0.3 is 9.88 Å². The highest BCUT2D eigenvalue weighted by atomic mass is 32.2. The van der Waals surface area contributed by atoms with Crippen LogP contribution in [0.1, 0.15) is 29.9 Å². The monoisotopic (exact) mass is 474 g/mol. The van der Waals surface area contributed by atoms with Crippen LogP contribution in [0.4, 0.5) is 8.78 Å². The lowest BCUT2D eigenvalue weighted by Gasteiger charge is -2.42. The zero-order chi connectivity index (χ0) is 23.2. The lowest BCUT2D eigenvalue weighted by Crippen LogP contribution is -2.60. The lowest BCUT2D eigenvalue weighted by molar-refractivity contribution is -0.133. The number of hydrogen-bond acceptors (Lipinski definition) is 4. The summed E-state index contributed by atoms with van der Waals surface area (Å²) in [5.41, 5.74) is 1.70. The number of carbonyl (C=O) groups excluding carboxylic acids is 1. The zero-order valence-electron chi connectivity index (χ0n) is 17.9. The number of sulfonamides is 1. The van der Waals surface area contributed by atoms with Crippen LogP contribution < -0.4 is 0 Å². The number of likely N-dealkylation sites (tertiary alicyclic amines) is 1. The molecule has 3 aromatic rings. The molecule has 0 unspecified atom stereocenters. The molecule has 5 rings (SSSR count). The van der Waals surface area contributed by atoms with Crippen LogP contribution in [0.15, 0.2) is 42.7 Å². The number of pyridine rings is 1. The van der Waals surface area contributed by atoms with Gasteiger partial charge in [-0.2, -0.15) is 0 Å². The van der Waals surface area contributed by atoms with Gasteiger partial charge >= 0.3 is 0 Å². The molecule has 1 amide bonds. The number of amides is 1. The van der Waals surface area contributed by atoms with Gasteiger partial charge in [0.25, 0.3) is 0 Å². The molecule has 2 saturated heterocycles. The number of fused-ring (bicyclic) bond motifs is 1. The van der Waals surface area contributed by atoms with Crippen LogP contribution in [-0.4, -0.2) is 64.9 Å². The third kappa shape index (κ3) is 4.02. The first-order chi connectivity index (χ1) is 15.8. The maximum atomic E-state index is 13.8. The molecule has 4 heterocycles. The van der Waals surface area contributed by atoms with E-state index in [1.807, 2.05) is 18.3 Å². The topological polar surface area (TPSA) is 86.4 Å². The third-order valence-electron chi connectivity index (χ3n) is 6.75. The van der Waals surface area contributed by atoms with Crippen molar-refractivity contribution in [1.82, 2.24) is 19.2 Å². The molecule has 0 saturated carbocycles. The summed E-state index contributed by atoms with van der Waals surface area (Å²) in [4.78, 5) is 21.2. The molecule has 0 radical (unpaired) electrons. The number of piperidine rings is 1. The van der Waals surface area contributed by atoms with Gasteiger partial charge in [0.05, 0.1) is 6.42 Å². The molecule has 7 nitrogen and oxygen atoms in total. The highest BCUT2D eigenvalue weighted by molar-refractivity contribution is 7.89. The second-order valence-electron chi connectivity index (χ2n) is 8.66. The van der Waals surface area contributed by atoms with Crippen LogP contribution in [0.25, 0.3) is 11.0 Å². The number of nitrogens with zero attached hydrogens (tertiary/aromatic N) is 3. The SMILES string of the molecule is O=C(Cc1c(F)cccc1F)N1CC(S(=O)(=O)N2CCC(c3c[nH]c4ncccc34)CC2)C1. The van der Waals surface area contributed by atoms with Gasteiger partial charge in [-0.3, -0.25) is 4.79 Å². The van der Waals surface area contributed by atoms with E-state index in [0.717, 1.165) is 28.7 Å². The molecule has 0 bridgehead atoms. The van der Waals surface area contributed by atoms with E-state index in [-0.39, 0.29) is 24.6 Å². The summed E-state index contributed by atoms with van der Waals surface area (Å²) in [6.07, 6.45) is 4.69. The first-order valence-electron chi connectivity index (χ1n) is 11.0. The minimum absolute atomic E-state index is 0.0469. The van der Waals surface area contributed by atoms with Gasteiger partial charge in [-0.05, 0) is 48.6 Å². The van der Waals surface area contributed by atoms with E-state index in [1.165, 1.54) is 15.3 Å². The maximum absolute atomic E-state index is 13.8. The van der Waals surface area contributed by atoms with Gasteiger partial charge in [-0.25, -0.2) is 26.5 Å². The van der Waals surface area contributed by atoms with Crippen LogP contribution in [0.3, 0.4) is 0 Å². The third-order valence-corrected chi connectivity index (χ3v) is 8.97. The molecule has 2 fully saturated rings. The van der Waals surface area contributed by atoms with Gasteiger partial charge in [-0.1, -0.05) is 6.07 Å². The Hall–Kier alpha value is -2.85. The second-order valence-corrected chi connectivity index (χ2v) is 10.9. The molecule has 1 aromatic carbocycles. The molecule has 2 aromatic heterocycles. The molecule has 174 valence electrons. The number of halogens is 2. The Morgan fingerprint density at radius 3 is 2.48 bits per heavy atom. The molecular formula is C23H24F2N4O3S. The van der Waals surface area contributed by atoms with Crippen molar-refractivity contribution in [2.75, 3.05) is 26.2 Å². The van der Waals surface area contributed by atoms with E-state index in [9.17, 15) is 22.0 Å². The summed E-state index contributed by atoms with van der Waals surface area (Å²) in [5.74, 6) is -1.77. The standard InChI is InChI=1S/C23H24F2N4O3S/c24-20-4-1-5-21(25)18(20)11-22(30)28-13-16(14-28)33(31,32)29-9-6-15(7-10-29)19-12-27-23-17(19)3-2-8-26-23/h1-5,8,12,15-16H,6-7,9-11,13-14H2,(H,26,27). The van der Waals surface area contributed by atoms with Crippen molar-refractivity contribution in [3.8, 4) is 0 Å². The minimum Gasteiger partial charge on any atom is -0.346 e. The van der Waals surface area contributed by atoms with Crippen molar-refractivity contribution in [1.29, 1.82) is 0 Å². The summed E-state index contributed by atoms with van der Waals surface area (Å²) in [5, 5.41) is 0.388. The maximum Gasteiger partial charge on any atom is 0.227 e. The van der Waals surface area contributed by atoms with Gasteiger partial charge in [0.15, 0.2) is 0 Å². The quantitative estimate of drug-likeness (QED) is 0.616. The average molecular weight is 475 g/mol. The first-order valence-corrected chi connectivity index (χ1v) is 12.5. The summed E-state index contributed by atoms with van der Waals surface area (Å²) >= 11 is 0. The van der Waals surface area contributed by atoms with Gasteiger partial charge in [0, 0.05) is 49.5 Å². The van der Waals surface area contributed by atoms with E-state index in [1.54, 1.807) is 6.20 Å². The summed E-state index contributed by atoms with van der Waals surface area (Å²) in [6.45, 7) is 0.937. The molecule has 10 heteroatoms. The predicted octanol–water partition coefficient (Wildman–Crippen LogP) is 2.80. The van der Waals surface area contributed by atoms with Crippen molar-refractivity contribution < 1.29 is 22.0 Å². The van der Waals surface area contributed by atoms with Crippen molar-refractivity contribution in [3.63, 3.8) is 0 Å². The number of aromatic amines is 1. The molecule has 33 heavy (non-hydrogen) atoms. The molecule has 2 aliphatic heterocycles. The fourth-order valence-electron chi connectivity index (χ4n) is 4.74. The molecular weight excluding hydrogens is 450 g/mol. The number of hydrogen-bond donors (Lipinski definition) is 1. The number of nitrogens with one attached hydrogen (secondary N) is 1. The summed E-state index contributed by atoms with van der Waals surface area (Å²) in [6, 6.07) is 7.36. The lowest BCUT2D eigenvalue weighted by atomic mass is 9.90. The largest absolute Gasteiger partial charge is 0.346 e. The highest BCUT2D eigenvalue weighted by Crippen LogP contribution is 2.34. The van der Waals surface area contributed by atoms with E-state index < -0.39 is 39.2 Å². The van der Waals surface area contributed by atoms with Crippen LogP contribution in [0, 0.1) is 11.6 Å².